The molecule has 0 unspecified atom stereocenters. The zero-order chi connectivity index (χ0) is 17.6. The summed E-state index contributed by atoms with van der Waals surface area (Å²) in [7, 11) is 0. The van der Waals surface area contributed by atoms with Crippen molar-refractivity contribution in [3.8, 4) is 11.3 Å². The lowest BCUT2D eigenvalue weighted by molar-refractivity contribution is -0.137. The molecule has 0 aliphatic rings. The highest BCUT2D eigenvalue weighted by Gasteiger charge is 2.10. The van der Waals surface area contributed by atoms with Gasteiger partial charge in [-0.15, -0.1) is 0 Å². The highest BCUT2D eigenvalue weighted by molar-refractivity contribution is 6.01. The predicted molar refractivity (Wildman–Crippen MR) is 99.7 cm³/mol. The van der Waals surface area contributed by atoms with Crippen LogP contribution < -0.4 is 5.32 Å². The Morgan fingerprint density at radius 2 is 2.04 bits per heavy atom. The Bertz CT molecular complexity index is 879. The maximum atomic E-state index is 10.7. The number of carboxylic acids is 1. The Balaban J connectivity index is 1.99. The maximum absolute atomic E-state index is 10.7. The molecule has 5 nitrogen and oxygen atoms in total. The summed E-state index contributed by atoms with van der Waals surface area (Å²) in [5.74, 6) is 0.00811. The SMILES string of the molecule is CCc1ccc2c(-c3ccccn3)cnc(NCCCC(=O)O)c2c1. The number of pyridine rings is 2. The van der Waals surface area contributed by atoms with Crippen LogP contribution in [0.1, 0.15) is 25.3 Å². The number of hydrogen-bond acceptors (Lipinski definition) is 4. The average molecular weight is 335 g/mol. The Kier molecular flexibility index (Phi) is 5.23. The Morgan fingerprint density at radius 1 is 1.16 bits per heavy atom. The van der Waals surface area contributed by atoms with Gasteiger partial charge in [0.1, 0.15) is 5.82 Å². The van der Waals surface area contributed by atoms with Crippen LogP contribution in [0, 0.1) is 0 Å². The second-order valence-corrected chi connectivity index (χ2v) is 5.89. The zero-order valence-electron chi connectivity index (χ0n) is 14.2. The minimum Gasteiger partial charge on any atom is -0.481 e. The summed E-state index contributed by atoms with van der Waals surface area (Å²) >= 11 is 0. The van der Waals surface area contributed by atoms with Crippen molar-refractivity contribution in [2.45, 2.75) is 26.2 Å². The highest BCUT2D eigenvalue weighted by atomic mass is 16.4. The van der Waals surface area contributed by atoms with E-state index in [0.29, 0.717) is 13.0 Å². The number of aryl methyl sites for hydroxylation is 1. The molecule has 0 atom stereocenters. The fourth-order valence-electron chi connectivity index (χ4n) is 2.82. The molecule has 0 fully saturated rings. The summed E-state index contributed by atoms with van der Waals surface area (Å²) in [5.41, 5.74) is 3.12. The van der Waals surface area contributed by atoms with Crippen LogP contribution in [0.2, 0.25) is 0 Å². The van der Waals surface area contributed by atoms with Crippen LogP contribution in [0.4, 0.5) is 5.82 Å². The monoisotopic (exact) mass is 335 g/mol. The Labute approximate surface area is 146 Å². The number of nitrogens with zero attached hydrogens (tertiary/aromatic N) is 2. The topological polar surface area (TPSA) is 75.1 Å². The van der Waals surface area contributed by atoms with Crippen molar-refractivity contribution >= 4 is 22.6 Å². The van der Waals surface area contributed by atoms with E-state index in [-0.39, 0.29) is 6.42 Å². The van der Waals surface area contributed by atoms with Crippen LogP contribution in [0.3, 0.4) is 0 Å². The molecular formula is C20H21N3O2. The van der Waals surface area contributed by atoms with Gasteiger partial charge in [0.25, 0.3) is 0 Å². The van der Waals surface area contributed by atoms with Crippen LogP contribution >= 0.6 is 0 Å². The first-order valence-electron chi connectivity index (χ1n) is 8.47. The van der Waals surface area contributed by atoms with E-state index in [9.17, 15) is 4.79 Å². The number of rotatable bonds is 7. The van der Waals surface area contributed by atoms with Crippen LogP contribution in [-0.2, 0) is 11.2 Å². The molecule has 0 amide bonds. The van der Waals surface area contributed by atoms with E-state index >= 15 is 0 Å². The van der Waals surface area contributed by atoms with E-state index in [1.807, 2.05) is 24.4 Å². The molecule has 0 saturated carbocycles. The fraction of sp³-hybridized carbons (Fsp3) is 0.250. The minimum absolute atomic E-state index is 0.150. The van der Waals surface area contributed by atoms with Gasteiger partial charge in [0.05, 0.1) is 5.69 Å². The molecule has 2 heterocycles. The van der Waals surface area contributed by atoms with E-state index in [2.05, 4.69) is 40.4 Å². The number of nitrogens with one attached hydrogen (secondary N) is 1. The summed E-state index contributed by atoms with van der Waals surface area (Å²) in [5, 5.41) is 14.2. The lowest BCUT2D eigenvalue weighted by Crippen LogP contribution is -2.07. The van der Waals surface area contributed by atoms with Crippen molar-refractivity contribution < 1.29 is 9.90 Å². The van der Waals surface area contributed by atoms with Crippen LogP contribution in [-0.4, -0.2) is 27.6 Å². The molecule has 2 aromatic heterocycles. The van der Waals surface area contributed by atoms with Gasteiger partial charge in [-0.2, -0.15) is 0 Å². The van der Waals surface area contributed by atoms with Crippen LogP contribution in [0.15, 0.2) is 48.8 Å². The van der Waals surface area contributed by atoms with Gasteiger partial charge in [-0.1, -0.05) is 25.1 Å². The van der Waals surface area contributed by atoms with Gasteiger partial charge in [-0.3, -0.25) is 9.78 Å². The molecule has 2 N–H and O–H groups in total. The van der Waals surface area contributed by atoms with Gasteiger partial charge in [0.15, 0.2) is 0 Å². The molecule has 128 valence electrons. The number of benzene rings is 1. The minimum atomic E-state index is -0.779. The summed E-state index contributed by atoms with van der Waals surface area (Å²) in [6.45, 7) is 2.70. The third-order valence-corrected chi connectivity index (χ3v) is 4.16. The number of fused-ring (bicyclic) bond motifs is 1. The van der Waals surface area contributed by atoms with Gasteiger partial charge >= 0.3 is 5.97 Å². The van der Waals surface area contributed by atoms with E-state index in [1.165, 1.54) is 5.56 Å². The van der Waals surface area contributed by atoms with Gasteiger partial charge < -0.3 is 10.4 Å². The largest absolute Gasteiger partial charge is 0.481 e. The van der Waals surface area contributed by atoms with Crippen molar-refractivity contribution in [1.29, 1.82) is 0 Å². The molecule has 1 aromatic carbocycles. The first kappa shape index (κ1) is 16.9. The summed E-state index contributed by atoms with van der Waals surface area (Å²) in [6.07, 6.45) is 5.27. The summed E-state index contributed by atoms with van der Waals surface area (Å²) in [4.78, 5) is 19.7. The van der Waals surface area contributed by atoms with E-state index in [0.717, 1.165) is 34.3 Å². The van der Waals surface area contributed by atoms with Crippen LogP contribution in [0.5, 0.6) is 0 Å². The highest BCUT2D eigenvalue weighted by Crippen LogP contribution is 2.31. The molecular weight excluding hydrogens is 314 g/mol. The average Bonchev–Trinajstić information content (AvgIpc) is 2.65. The molecule has 0 aliphatic carbocycles. The predicted octanol–water partition coefficient (Wildman–Crippen LogP) is 4.14. The molecule has 0 aliphatic heterocycles. The van der Waals surface area contributed by atoms with Gasteiger partial charge in [-0.25, -0.2) is 4.98 Å². The normalized spacial score (nSPS) is 10.8. The first-order chi connectivity index (χ1) is 12.2. The lowest BCUT2D eigenvalue weighted by atomic mass is 10.0. The van der Waals surface area contributed by atoms with Gasteiger partial charge in [-0.05, 0) is 42.0 Å². The standard InChI is InChI=1S/C20H21N3O2/c1-2-14-8-9-15-16(12-14)20(22-11-5-7-19(24)25)23-13-17(15)18-6-3-4-10-21-18/h3-4,6,8-10,12-13H,2,5,7,11H2,1H3,(H,22,23)(H,24,25). The van der Waals surface area contributed by atoms with Crippen molar-refractivity contribution in [2.24, 2.45) is 0 Å². The molecule has 3 rings (SSSR count). The number of aliphatic carboxylic acids is 1. The number of aromatic nitrogens is 2. The molecule has 0 bridgehead atoms. The Morgan fingerprint density at radius 3 is 2.76 bits per heavy atom. The third-order valence-electron chi connectivity index (χ3n) is 4.16. The number of anilines is 1. The smallest absolute Gasteiger partial charge is 0.303 e. The van der Waals surface area contributed by atoms with Crippen molar-refractivity contribution in [3.63, 3.8) is 0 Å². The number of carbonyl (C=O) groups is 1. The van der Waals surface area contributed by atoms with Crippen molar-refractivity contribution in [3.05, 3.63) is 54.4 Å². The maximum Gasteiger partial charge on any atom is 0.303 e. The zero-order valence-corrected chi connectivity index (χ0v) is 14.2. The number of hydrogen-bond donors (Lipinski definition) is 2. The third kappa shape index (κ3) is 3.94. The van der Waals surface area contributed by atoms with Gasteiger partial charge in [0, 0.05) is 36.3 Å². The fourth-order valence-corrected chi connectivity index (χ4v) is 2.82. The summed E-state index contributed by atoms with van der Waals surface area (Å²) < 4.78 is 0. The molecule has 25 heavy (non-hydrogen) atoms. The van der Waals surface area contributed by atoms with E-state index in [4.69, 9.17) is 5.11 Å². The lowest BCUT2D eigenvalue weighted by Gasteiger charge is -2.13. The number of carboxylic acid groups (broad SMARTS) is 1. The molecule has 0 spiro atoms. The quantitative estimate of drug-likeness (QED) is 0.635. The van der Waals surface area contributed by atoms with E-state index < -0.39 is 5.97 Å². The van der Waals surface area contributed by atoms with Crippen molar-refractivity contribution in [1.82, 2.24) is 9.97 Å². The first-order valence-corrected chi connectivity index (χ1v) is 8.47. The Hall–Kier alpha value is -2.95. The second kappa shape index (κ2) is 7.75. The molecule has 3 aromatic rings. The van der Waals surface area contributed by atoms with Crippen LogP contribution in [0.25, 0.3) is 22.0 Å². The summed E-state index contributed by atoms with van der Waals surface area (Å²) in [6, 6.07) is 12.2. The second-order valence-electron chi connectivity index (χ2n) is 5.89. The molecule has 0 saturated heterocycles. The van der Waals surface area contributed by atoms with Gasteiger partial charge in [0.2, 0.25) is 0 Å². The molecule has 5 heteroatoms. The molecule has 0 radical (unpaired) electrons. The van der Waals surface area contributed by atoms with Crippen molar-refractivity contribution in [2.75, 3.05) is 11.9 Å². The van der Waals surface area contributed by atoms with E-state index in [1.54, 1.807) is 6.20 Å².